The number of hydrogen-bond donors (Lipinski definition) is 0. The van der Waals surface area contributed by atoms with Crippen molar-refractivity contribution in [1.29, 1.82) is 0 Å². The molecule has 0 spiro atoms. The summed E-state index contributed by atoms with van der Waals surface area (Å²) in [5, 5.41) is 14.5. The molecule has 0 amide bonds. The molecule has 0 N–H and O–H groups in total. The third-order valence-corrected chi connectivity index (χ3v) is 13.9. The summed E-state index contributed by atoms with van der Waals surface area (Å²) in [7, 11) is 6.85. The first-order chi connectivity index (χ1) is 33.5. The molecular formula is C64H46O4. The van der Waals surface area contributed by atoms with Gasteiger partial charge < -0.3 is 18.9 Å². The Morgan fingerprint density at radius 2 is 0.426 bits per heavy atom. The summed E-state index contributed by atoms with van der Waals surface area (Å²) in [6.45, 7) is 0. The van der Waals surface area contributed by atoms with Crippen LogP contribution in [0, 0.1) is 0 Å². The second kappa shape index (κ2) is 16.7. The number of ether oxygens (including phenoxy) is 4. The molecule has 0 heterocycles. The van der Waals surface area contributed by atoms with Crippen LogP contribution in [0.5, 0.6) is 23.0 Å². The largest absolute Gasteiger partial charge is 0.497 e. The van der Waals surface area contributed by atoms with Crippen LogP contribution in [-0.2, 0) is 0 Å². The smallest absolute Gasteiger partial charge is 0.118 e. The Morgan fingerprint density at radius 3 is 0.706 bits per heavy atom. The van der Waals surface area contributed by atoms with E-state index in [0.29, 0.717) is 0 Å². The van der Waals surface area contributed by atoms with Crippen molar-refractivity contribution in [1.82, 2.24) is 0 Å². The van der Waals surface area contributed by atoms with Gasteiger partial charge in [0.25, 0.3) is 0 Å². The molecule has 0 aliphatic rings. The van der Waals surface area contributed by atoms with Crippen LogP contribution in [-0.4, -0.2) is 28.4 Å². The highest BCUT2D eigenvalue weighted by atomic mass is 16.5. The SMILES string of the molecule is COc1ccc(-c2cc3c4ccc(-c5ccc6c(c5)c(-c5ccc(OC)cc5)cc5c7ccccc7c(-c7ccc(OC)cc7)cc65)cc4c(-c4ccc(OC)cc4)cc3c3ccccc23)cc1. The minimum absolute atomic E-state index is 0.828. The predicted molar refractivity (Wildman–Crippen MR) is 285 cm³/mol. The van der Waals surface area contributed by atoms with Gasteiger partial charge in [0.1, 0.15) is 23.0 Å². The van der Waals surface area contributed by atoms with Crippen molar-refractivity contribution in [2.75, 3.05) is 28.4 Å². The molecule has 0 unspecified atom stereocenters. The lowest BCUT2D eigenvalue weighted by molar-refractivity contribution is 0.415. The summed E-state index contributed by atoms with van der Waals surface area (Å²) in [5.41, 5.74) is 11.6. The van der Waals surface area contributed by atoms with E-state index < -0.39 is 0 Å². The van der Waals surface area contributed by atoms with Crippen molar-refractivity contribution in [2.45, 2.75) is 0 Å². The van der Waals surface area contributed by atoms with Crippen molar-refractivity contribution in [3.8, 4) is 78.6 Å². The van der Waals surface area contributed by atoms with Crippen LogP contribution in [0.4, 0.5) is 0 Å². The highest BCUT2D eigenvalue weighted by Gasteiger charge is 2.19. The van der Waals surface area contributed by atoms with E-state index >= 15 is 0 Å². The first kappa shape index (κ1) is 40.9. The Kier molecular flexibility index (Phi) is 10.0. The number of rotatable bonds is 9. The molecule has 12 aromatic rings. The molecule has 0 aliphatic heterocycles. The van der Waals surface area contributed by atoms with E-state index in [1.807, 2.05) is 24.3 Å². The third kappa shape index (κ3) is 6.84. The zero-order chi connectivity index (χ0) is 45.9. The average Bonchev–Trinajstić information content (AvgIpc) is 3.41. The third-order valence-electron chi connectivity index (χ3n) is 13.9. The summed E-state index contributed by atoms with van der Waals surface area (Å²) in [5.74, 6) is 3.33. The van der Waals surface area contributed by atoms with E-state index in [9.17, 15) is 0 Å². The maximum atomic E-state index is 5.62. The van der Waals surface area contributed by atoms with E-state index in [2.05, 4.69) is 182 Å². The monoisotopic (exact) mass is 878 g/mol. The van der Waals surface area contributed by atoms with Crippen molar-refractivity contribution in [3.05, 3.63) is 206 Å². The first-order valence-corrected chi connectivity index (χ1v) is 22.9. The van der Waals surface area contributed by atoms with Gasteiger partial charge in [-0.3, -0.25) is 0 Å². The number of fused-ring (bicyclic) bond motifs is 10. The van der Waals surface area contributed by atoms with E-state index in [1.165, 1.54) is 86.9 Å². The normalized spacial score (nSPS) is 11.5. The first-order valence-electron chi connectivity index (χ1n) is 22.9. The van der Waals surface area contributed by atoms with Crippen molar-refractivity contribution < 1.29 is 18.9 Å². The Balaban J connectivity index is 1.11. The molecule has 68 heavy (non-hydrogen) atoms. The van der Waals surface area contributed by atoms with Gasteiger partial charge in [-0.15, -0.1) is 0 Å². The molecule has 0 saturated carbocycles. The van der Waals surface area contributed by atoms with Crippen LogP contribution in [0.2, 0.25) is 0 Å². The van der Waals surface area contributed by atoms with Gasteiger partial charge in [-0.2, -0.15) is 0 Å². The van der Waals surface area contributed by atoms with Crippen molar-refractivity contribution in [3.63, 3.8) is 0 Å². The molecule has 4 nitrogen and oxygen atoms in total. The maximum absolute atomic E-state index is 5.62. The lowest BCUT2D eigenvalue weighted by Crippen LogP contribution is -1.92. The number of hydrogen-bond acceptors (Lipinski definition) is 4. The second-order valence-corrected chi connectivity index (χ2v) is 17.4. The van der Waals surface area contributed by atoms with Crippen LogP contribution >= 0.6 is 0 Å². The summed E-state index contributed by atoms with van der Waals surface area (Å²) in [6.07, 6.45) is 0. The Labute approximate surface area is 395 Å². The molecule has 12 rings (SSSR count). The Bertz CT molecular complexity index is 3650. The van der Waals surface area contributed by atoms with Crippen LogP contribution in [0.15, 0.2) is 206 Å². The molecule has 0 atom stereocenters. The van der Waals surface area contributed by atoms with E-state index in [-0.39, 0.29) is 0 Å². The van der Waals surface area contributed by atoms with Crippen LogP contribution in [0.1, 0.15) is 0 Å². The summed E-state index contributed by atoms with van der Waals surface area (Å²) in [4.78, 5) is 0. The van der Waals surface area contributed by atoms with Crippen LogP contribution in [0.25, 0.3) is 120 Å². The Morgan fingerprint density at radius 1 is 0.191 bits per heavy atom. The maximum Gasteiger partial charge on any atom is 0.118 e. The summed E-state index contributed by atoms with van der Waals surface area (Å²) < 4.78 is 22.3. The fourth-order valence-corrected chi connectivity index (χ4v) is 10.4. The molecule has 4 heteroatoms. The molecule has 12 aromatic carbocycles. The minimum atomic E-state index is 0.828. The summed E-state index contributed by atoms with van der Waals surface area (Å²) >= 11 is 0. The number of methoxy groups -OCH3 is 4. The van der Waals surface area contributed by atoms with Gasteiger partial charge >= 0.3 is 0 Å². The van der Waals surface area contributed by atoms with Gasteiger partial charge in [0.05, 0.1) is 28.4 Å². The zero-order valence-corrected chi connectivity index (χ0v) is 38.3. The molecule has 0 bridgehead atoms. The van der Waals surface area contributed by atoms with Crippen molar-refractivity contribution in [2.24, 2.45) is 0 Å². The topological polar surface area (TPSA) is 36.9 Å². The van der Waals surface area contributed by atoms with E-state index in [4.69, 9.17) is 18.9 Å². The van der Waals surface area contributed by atoms with Crippen molar-refractivity contribution >= 4 is 64.6 Å². The van der Waals surface area contributed by atoms with Gasteiger partial charge in [0.15, 0.2) is 0 Å². The van der Waals surface area contributed by atoms with Gasteiger partial charge in [-0.05, 0) is 205 Å². The molecule has 326 valence electrons. The fraction of sp³-hybridized carbons (Fsp3) is 0.0625. The van der Waals surface area contributed by atoms with E-state index in [1.54, 1.807) is 28.4 Å². The lowest BCUT2D eigenvalue weighted by atomic mass is 9.85. The van der Waals surface area contributed by atoms with Gasteiger partial charge in [0.2, 0.25) is 0 Å². The zero-order valence-electron chi connectivity index (χ0n) is 38.3. The van der Waals surface area contributed by atoms with Crippen LogP contribution in [0.3, 0.4) is 0 Å². The standard InChI is InChI=1S/C64H46O4/c1-65-45-23-13-39(14-24-45)55-35-63-53-31-21-43(33-59(53)57(41-17-27-47(67-3)28-18-41)37-61(63)51-11-7-5-9-49(51)55)44-22-32-54-60(34-44)58(42-19-29-48(68-4)30-20-42)38-62-52-12-8-6-10-50(52)56(36-64(54)62)40-15-25-46(66-2)26-16-40/h5-38H,1-4H3. The minimum Gasteiger partial charge on any atom is -0.497 e. The second-order valence-electron chi connectivity index (χ2n) is 17.4. The molecule has 0 fully saturated rings. The van der Waals surface area contributed by atoms with Crippen LogP contribution < -0.4 is 18.9 Å². The highest BCUT2D eigenvalue weighted by Crippen LogP contribution is 2.46. The summed E-state index contributed by atoms with van der Waals surface area (Å²) in [6, 6.07) is 74.8. The van der Waals surface area contributed by atoms with Gasteiger partial charge in [-0.25, -0.2) is 0 Å². The molecule has 0 aromatic heterocycles. The number of benzene rings is 12. The molecule has 0 aliphatic carbocycles. The van der Waals surface area contributed by atoms with Gasteiger partial charge in [0, 0.05) is 0 Å². The molecule has 0 radical (unpaired) electrons. The quantitative estimate of drug-likeness (QED) is 0.135. The average molecular weight is 879 g/mol. The van der Waals surface area contributed by atoms with E-state index in [0.717, 1.165) is 56.4 Å². The molecule has 0 saturated heterocycles. The van der Waals surface area contributed by atoms with Gasteiger partial charge in [-0.1, -0.05) is 121 Å². The Hall–Kier alpha value is -8.60. The fourth-order valence-electron chi connectivity index (χ4n) is 10.4. The molecular weight excluding hydrogens is 833 g/mol. The predicted octanol–water partition coefficient (Wildman–Crippen LogP) is 17.0. The lowest BCUT2D eigenvalue weighted by Gasteiger charge is -2.18. The highest BCUT2D eigenvalue weighted by molar-refractivity contribution is 6.26.